The molecule has 0 fully saturated rings. The molecular formula is C20H17Cl2NO4. The first-order valence-electron chi connectivity index (χ1n) is 8.24. The van der Waals surface area contributed by atoms with Crippen molar-refractivity contribution in [3.8, 4) is 0 Å². The molecule has 0 aliphatic carbocycles. The lowest BCUT2D eigenvalue weighted by Gasteiger charge is -2.11. The van der Waals surface area contributed by atoms with Gasteiger partial charge in [-0.25, -0.2) is 0 Å². The van der Waals surface area contributed by atoms with Crippen LogP contribution < -0.4 is 5.32 Å². The Hall–Kier alpha value is -2.50. The third kappa shape index (κ3) is 3.80. The van der Waals surface area contributed by atoms with Crippen LogP contribution in [0.25, 0.3) is 11.0 Å². The van der Waals surface area contributed by atoms with Crippen LogP contribution in [0, 0.1) is 6.92 Å². The molecule has 0 spiro atoms. The SMILES string of the molecule is CC(=O)OC(C)c1c(C)oc2c(NC(=O)c3c(Cl)cccc3Cl)cccc12. The minimum Gasteiger partial charge on any atom is -0.459 e. The number of para-hydroxylation sites is 1. The van der Waals surface area contributed by atoms with Gasteiger partial charge in [-0.2, -0.15) is 0 Å². The molecule has 1 heterocycles. The molecule has 7 heteroatoms. The van der Waals surface area contributed by atoms with Gasteiger partial charge in [0.15, 0.2) is 5.58 Å². The van der Waals surface area contributed by atoms with E-state index in [9.17, 15) is 9.59 Å². The van der Waals surface area contributed by atoms with E-state index in [0.717, 1.165) is 10.9 Å². The summed E-state index contributed by atoms with van der Waals surface area (Å²) >= 11 is 12.2. The number of fused-ring (bicyclic) bond motifs is 1. The molecule has 0 bridgehead atoms. The average Bonchev–Trinajstić information content (AvgIpc) is 2.91. The number of rotatable bonds is 4. The van der Waals surface area contributed by atoms with E-state index in [4.69, 9.17) is 32.4 Å². The summed E-state index contributed by atoms with van der Waals surface area (Å²) in [7, 11) is 0. The number of benzene rings is 2. The molecule has 5 nitrogen and oxygen atoms in total. The van der Waals surface area contributed by atoms with E-state index >= 15 is 0 Å². The van der Waals surface area contributed by atoms with E-state index in [1.807, 2.05) is 6.07 Å². The van der Waals surface area contributed by atoms with Gasteiger partial charge in [0.25, 0.3) is 5.91 Å². The molecular weight excluding hydrogens is 389 g/mol. The third-order valence-corrected chi connectivity index (χ3v) is 4.76. The summed E-state index contributed by atoms with van der Waals surface area (Å²) in [5.41, 5.74) is 1.90. The van der Waals surface area contributed by atoms with Gasteiger partial charge in [0.05, 0.1) is 21.3 Å². The van der Waals surface area contributed by atoms with E-state index in [0.29, 0.717) is 17.0 Å². The number of ether oxygens (including phenoxy) is 1. The van der Waals surface area contributed by atoms with Crippen LogP contribution in [-0.4, -0.2) is 11.9 Å². The number of aryl methyl sites for hydroxylation is 1. The lowest BCUT2D eigenvalue weighted by atomic mass is 10.1. The van der Waals surface area contributed by atoms with Gasteiger partial charge >= 0.3 is 5.97 Å². The number of esters is 1. The number of amides is 1. The first kappa shape index (κ1) is 19.3. The van der Waals surface area contributed by atoms with E-state index in [1.54, 1.807) is 44.2 Å². The number of anilines is 1. The minimum absolute atomic E-state index is 0.189. The summed E-state index contributed by atoms with van der Waals surface area (Å²) in [4.78, 5) is 24.0. The van der Waals surface area contributed by atoms with Crippen molar-refractivity contribution in [1.82, 2.24) is 0 Å². The zero-order valence-corrected chi connectivity index (χ0v) is 16.4. The largest absolute Gasteiger partial charge is 0.459 e. The molecule has 3 rings (SSSR count). The van der Waals surface area contributed by atoms with Crippen LogP contribution in [-0.2, 0) is 9.53 Å². The predicted octanol–water partition coefficient (Wildman–Crippen LogP) is 5.92. The summed E-state index contributed by atoms with van der Waals surface area (Å²) in [6.45, 7) is 4.91. The van der Waals surface area contributed by atoms with Gasteiger partial charge in [-0.15, -0.1) is 0 Å². The van der Waals surface area contributed by atoms with Crippen LogP contribution >= 0.6 is 23.2 Å². The highest BCUT2D eigenvalue weighted by atomic mass is 35.5. The Morgan fingerprint density at radius 3 is 2.37 bits per heavy atom. The molecule has 1 aromatic heterocycles. The maximum atomic E-state index is 12.7. The van der Waals surface area contributed by atoms with E-state index in [2.05, 4.69) is 5.32 Å². The zero-order chi connectivity index (χ0) is 19.7. The fourth-order valence-corrected chi connectivity index (χ4v) is 3.64. The summed E-state index contributed by atoms with van der Waals surface area (Å²) in [6.07, 6.45) is -0.479. The first-order chi connectivity index (χ1) is 12.8. The fraction of sp³-hybridized carbons (Fsp3) is 0.200. The number of nitrogens with one attached hydrogen (secondary N) is 1. The number of furan rings is 1. The molecule has 0 radical (unpaired) electrons. The highest BCUT2D eigenvalue weighted by Gasteiger charge is 2.22. The molecule has 27 heavy (non-hydrogen) atoms. The van der Waals surface area contributed by atoms with Crippen molar-refractivity contribution in [2.24, 2.45) is 0 Å². The van der Waals surface area contributed by atoms with Gasteiger partial charge in [-0.3, -0.25) is 9.59 Å². The molecule has 1 atom stereocenters. The van der Waals surface area contributed by atoms with Crippen LogP contribution in [0.1, 0.15) is 41.6 Å². The topological polar surface area (TPSA) is 68.5 Å². The number of carbonyl (C=O) groups is 2. The fourth-order valence-electron chi connectivity index (χ4n) is 3.07. The van der Waals surface area contributed by atoms with Gasteiger partial charge in [0.1, 0.15) is 11.9 Å². The van der Waals surface area contributed by atoms with Crippen molar-refractivity contribution in [1.29, 1.82) is 0 Å². The van der Waals surface area contributed by atoms with Crippen molar-refractivity contribution in [3.63, 3.8) is 0 Å². The normalized spacial score (nSPS) is 12.0. The number of hydrogen-bond acceptors (Lipinski definition) is 4. The standard InChI is InChI=1S/C20H17Cl2NO4/c1-10(26-12(3)24)17-11(2)27-19-13(17)6-4-9-16(19)23-20(25)18-14(21)7-5-8-15(18)22/h4-10H,1-3H3,(H,23,25). The van der Waals surface area contributed by atoms with Gasteiger partial charge in [0, 0.05) is 17.9 Å². The molecule has 0 aliphatic rings. The van der Waals surface area contributed by atoms with Gasteiger partial charge < -0.3 is 14.5 Å². The van der Waals surface area contributed by atoms with Crippen molar-refractivity contribution < 1.29 is 18.7 Å². The Morgan fingerprint density at radius 2 is 1.74 bits per heavy atom. The maximum Gasteiger partial charge on any atom is 0.303 e. The van der Waals surface area contributed by atoms with Crippen molar-refractivity contribution >= 4 is 51.7 Å². The molecule has 0 saturated carbocycles. The second kappa shape index (κ2) is 7.62. The summed E-state index contributed by atoms with van der Waals surface area (Å²) < 4.78 is 11.1. The van der Waals surface area contributed by atoms with Crippen LogP contribution in [0.15, 0.2) is 40.8 Å². The van der Waals surface area contributed by atoms with Crippen molar-refractivity contribution in [3.05, 3.63) is 63.3 Å². The highest BCUT2D eigenvalue weighted by molar-refractivity contribution is 6.40. The Labute approximate surface area is 166 Å². The second-order valence-electron chi connectivity index (χ2n) is 6.06. The average molecular weight is 406 g/mol. The van der Waals surface area contributed by atoms with Crippen molar-refractivity contribution in [2.45, 2.75) is 26.9 Å². The number of carbonyl (C=O) groups excluding carboxylic acids is 2. The molecule has 3 aromatic rings. The molecule has 1 amide bonds. The summed E-state index contributed by atoms with van der Waals surface area (Å²) in [5.74, 6) is -0.216. The molecule has 0 aliphatic heterocycles. The highest BCUT2D eigenvalue weighted by Crippen LogP contribution is 2.36. The number of hydrogen-bond donors (Lipinski definition) is 1. The summed E-state index contributed by atoms with van der Waals surface area (Å²) in [5, 5.41) is 4.06. The monoisotopic (exact) mass is 405 g/mol. The predicted molar refractivity (Wildman–Crippen MR) is 106 cm³/mol. The van der Waals surface area contributed by atoms with Crippen LogP contribution in [0.5, 0.6) is 0 Å². The van der Waals surface area contributed by atoms with Crippen molar-refractivity contribution in [2.75, 3.05) is 5.32 Å². The smallest absolute Gasteiger partial charge is 0.303 e. The van der Waals surface area contributed by atoms with Crippen LogP contribution in [0.2, 0.25) is 10.0 Å². The van der Waals surface area contributed by atoms with E-state index < -0.39 is 12.0 Å². The lowest BCUT2D eigenvalue weighted by molar-refractivity contribution is -0.145. The van der Waals surface area contributed by atoms with Gasteiger partial charge in [-0.1, -0.05) is 41.4 Å². The Balaban J connectivity index is 2.01. The van der Waals surface area contributed by atoms with Gasteiger partial charge in [0.2, 0.25) is 0 Å². The minimum atomic E-state index is -0.479. The molecule has 2 aromatic carbocycles. The summed E-state index contributed by atoms with van der Waals surface area (Å²) in [6, 6.07) is 10.2. The molecule has 140 valence electrons. The maximum absolute atomic E-state index is 12.7. The molecule has 1 unspecified atom stereocenters. The third-order valence-electron chi connectivity index (χ3n) is 4.13. The Kier molecular flexibility index (Phi) is 5.44. The lowest BCUT2D eigenvalue weighted by Crippen LogP contribution is -2.13. The number of halogens is 2. The molecule has 0 saturated heterocycles. The zero-order valence-electron chi connectivity index (χ0n) is 14.9. The van der Waals surface area contributed by atoms with E-state index in [1.165, 1.54) is 6.92 Å². The van der Waals surface area contributed by atoms with Crippen LogP contribution in [0.4, 0.5) is 5.69 Å². The first-order valence-corrected chi connectivity index (χ1v) is 8.99. The van der Waals surface area contributed by atoms with Crippen LogP contribution in [0.3, 0.4) is 0 Å². The Morgan fingerprint density at radius 1 is 1.11 bits per heavy atom. The van der Waals surface area contributed by atoms with E-state index in [-0.39, 0.29) is 21.6 Å². The quantitative estimate of drug-likeness (QED) is 0.546. The molecule has 1 N–H and O–H groups in total. The second-order valence-corrected chi connectivity index (χ2v) is 6.87. The Bertz CT molecular complexity index is 1020. The van der Waals surface area contributed by atoms with Gasteiger partial charge in [-0.05, 0) is 32.0 Å².